The molecule has 0 aromatic carbocycles. The number of carbonyl (C=O) groups is 1. The highest BCUT2D eigenvalue weighted by atomic mass is 16.1. The van der Waals surface area contributed by atoms with Crippen LogP contribution in [0.1, 0.15) is 78.1 Å². The van der Waals surface area contributed by atoms with Crippen LogP contribution < -0.4 is 0 Å². The minimum absolute atomic E-state index is 0.480. The Kier molecular flexibility index (Phi) is 4.25. The van der Waals surface area contributed by atoms with Crippen molar-refractivity contribution in [3.05, 3.63) is 23.8 Å². The molecule has 4 aliphatic carbocycles. The van der Waals surface area contributed by atoms with Gasteiger partial charge in [-0.25, -0.2) is 0 Å². The Balaban J connectivity index is 1.57. The Morgan fingerprint density at radius 3 is 2.88 bits per heavy atom. The molecule has 0 bridgehead atoms. The van der Waals surface area contributed by atoms with Gasteiger partial charge in [0.15, 0.2) is 0 Å². The molecule has 4 rings (SSSR count). The van der Waals surface area contributed by atoms with Crippen LogP contribution in [0.2, 0.25) is 0 Å². The van der Waals surface area contributed by atoms with Crippen LogP contribution in [0.15, 0.2) is 23.8 Å². The lowest BCUT2D eigenvalue weighted by Crippen LogP contribution is -2.46. The molecule has 0 aromatic heterocycles. The highest BCUT2D eigenvalue weighted by molar-refractivity contribution is 5.82. The first-order chi connectivity index (χ1) is 11.5. The molecular weight excluding hydrogens is 292 g/mol. The first-order valence-corrected chi connectivity index (χ1v) is 10.4. The summed E-state index contributed by atoms with van der Waals surface area (Å²) in [5.41, 5.74) is 3.56. The van der Waals surface area contributed by atoms with Gasteiger partial charge in [-0.1, -0.05) is 44.1 Å². The summed E-state index contributed by atoms with van der Waals surface area (Å²) in [7, 11) is 0. The molecule has 1 heteroatoms. The lowest BCUT2D eigenvalue weighted by atomic mass is 9.51. The zero-order chi connectivity index (χ0) is 16.9. The molecule has 0 amide bonds. The van der Waals surface area contributed by atoms with E-state index in [0.717, 1.165) is 48.9 Å². The van der Waals surface area contributed by atoms with Gasteiger partial charge in [0.05, 0.1) is 0 Å². The van der Waals surface area contributed by atoms with Crippen LogP contribution in [0, 0.1) is 35.0 Å². The number of rotatable bonds is 3. The van der Waals surface area contributed by atoms with Crippen LogP contribution in [0.3, 0.4) is 0 Å². The summed E-state index contributed by atoms with van der Waals surface area (Å²) in [5, 5.41) is 0. The van der Waals surface area contributed by atoms with E-state index in [1.165, 1.54) is 56.1 Å². The third-order valence-electron chi connectivity index (χ3n) is 8.34. The zero-order valence-electron chi connectivity index (χ0n) is 15.7. The number of hydrogen-bond donors (Lipinski definition) is 0. The molecule has 0 radical (unpaired) electrons. The van der Waals surface area contributed by atoms with Crippen molar-refractivity contribution in [2.75, 3.05) is 0 Å². The first kappa shape index (κ1) is 16.6. The van der Waals surface area contributed by atoms with Gasteiger partial charge in [0.1, 0.15) is 5.78 Å². The van der Waals surface area contributed by atoms with E-state index in [9.17, 15) is 4.79 Å². The summed E-state index contributed by atoms with van der Waals surface area (Å²) in [5.74, 6) is 4.63. The normalized spacial score (nSPS) is 44.3. The van der Waals surface area contributed by atoms with Crippen molar-refractivity contribution < 1.29 is 4.79 Å². The lowest BCUT2D eigenvalue weighted by Gasteiger charge is -2.53. The molecule has 132 valence electrons. The SMILES string of the molecule is C=C(CCC)[C@H]1CC[C@H]2[C@@H]3CC=C4CC(=O)CC[C@@H]4[C@H]3CC[C@]12C. The summed E-state index contributed by atoms with van der Waals surface area (Å²) in [6.07, 6.45) is 14.5. The predicted molar refractivity (Wildman–Crippen MR) is 99.6 cm³/mol. The van der Waals surface area contributed by atoms with E-state index in [4.69, 9.17) is 0 Å². The molecule has 0 spiro atoms. The topological polar surface area (TPSA) is 17.1 Å². The third kappa shape index (κ3) is 2.45. The van der Waals surface area contributed by atoms with Gasteiger partial charge in [-0.2, -0.15) is 0 Å². The smallest absolute Gasteiger partial charge is 0.136 e. The minimum atomic E-state index is 0.480. The van der Waals surface area contributed by atoms with E-state index in [2.05, 4.69) is 26.5 Å². The Morgan fingerprint density at radius 1 is 1.25 bits per heavy atom. The molecule has 3 fully saturated rings. The van der Waals surface area contributed by atoms with E-state index in [0.29, 0.717) is 11.2 Å². The maximum absolute atomic E-state index is 11.8. The van der Waals surface area contributed by atoms with E-state index >= 15 is 0 Å². The molecule has 3 saturated carbocycles. The summed E-state index contributed by atoms with van der Waals surface area (Å²) in [6, 6.07) is 0. The molecule has 0 unspecified atom stereocenters. The monoisotopic (exact) mass is 326 g/mol. The molecule has 0 aromatic rings. The lowest BCUT2D eigenvalue weighted by molar-refractivity contribution is -0.120. The molecule has 6 atom stereocenters. The number of hydrogen-bond acceptors (Lipinski definition) is 1. The third-order valence-corrected chi connectivity index (χ3v) is 8.34. The summed E-state index contributed by atoms with van der Waals surface area (Å²) in [4.78, 5) is 11.8. The van der Waals surface area contributed by atoms with Gasteiger partial charge in [0.2, 0.25) is 0 Å². The van der Waals surface area contributed by atoms with Crippen LogP contribution >= 0.6 is 0 Å². The average Bonchev–Trinajstić information content (AvgIpc) is 2.92. The molecular formula is C23H34O. The number of carbonyl (C=O) groups excluding carboxylic acids is 1. The van der Waals surface area contributed by atoms with Crippen molar-refractivity contribution in [1.29, 1.82) is 0 Å². The van der Waals surface area contributed by atoms with Crippen LogP contribution in [-0.4, -0.2) is 5.78 Å². The van der Waals surface area contributed by atoms with E-state index in [-0.39, 0.29) is 0 Å². The van der Waals surface area contributed by atoms with E-state index in [1.54, 1.807) is 0 Å². The second-order valence-corrected chi connectivity index (χ2v) is 9.39. The Morgan fingerprint density at radius 2 is 2.08 bits per heavy atom. The Bertz CT molecular complexity index is 571. The van der Waals surface area contributed by atoms with Crippen molar-refractivity contribution in [3.63, 3.8) is 0 Å². The molecule has 0 N–H and O–H groups in total. The van der Waals surface area contributed by atoms with Crippen LogP contribution in [0.4, 0.5) is 0 Å². The maximum atomic E-state index is 11.8. The molecule has 1 nitrogen and oxygen atoms in total. The van der Waals surface area contributed by atoms with Gasteiger partial charge >= 0.3 is 0 Å². The van der Waals surface area contributed by atoms with Crippen LogP contribution in [-0.2, 0) is 4.79 Å². The Hall–Kier alpha value is -0.850. The number of Topliss-reactive ketones (excluding diaryl/α,β-unsaturated/α-hetero) is 1. The quantitative estimate of drug-likeness (QED) is 0.573. The standard InChI is InChI=1S/C23H34O/c1-4-5-15(2)21-10-11-22-20-8-6-16-14-17(24)7-9-18(16)19(20)12-13-23(21,22)3/h6,18-22H,2,4-5,7-14H2,1,3H3/t18-,19+,20+,21+,22-,23+/m0/s1. The fourth-order valence-electron chi connectivity index (χ4n) is 7.27. The number of allylic oxidation sites excluding steroid dienone is 3. The first-order valence-electron chi connectivity index (χ1n) is 10.4. The largest absolute Gasteiger partial charge is 0.299 e. The second kappa shape index (κ2) is 6.15. The van der Waals surface area contributed by atoms with Gasteiger partial charge in [0, 0.05) is 12.8 Å². The van der Waals surface area contributed by atoms with Gasteiger partial charge in [-0.15, -0.1) is 0 Å². The Labute approximate surface area is 148 Å². The number of fused-ring (bicyclic) bond motifs is 5. The van der Waals surface area contributed by atoms with Gasteiger partial charge < -0.3 is 0 Å². The molecule has 0 saturated heterocycles. The molecule has 0 heterocycles. The van der Waals surface area contributed by atoms with Gasteiger partial charge in [-0.05, 0) is 80.0 Å². The van der Waals surface area contributed by atoms with Crippen molar-refractivity contribution >= 4 is 5.78 Å². The molecule has 0 aliphatic heterocycles. The summed E-state index contributed by atoms with van der Waals surface area (Å²) in [6.45, 7) is 9.37. The summed E-state index contributed by atoms with van der Waals surface area (Å²) < 4.78 is 0. The zero-order valence-corrected chi connectivity index (χ0v) is 15.7. The minimum Gasteiger partial charge on any atom is -0.299 e. The van der Waals surface area contributed by atoms with Crippen LogP contribution in [0.25, 0.3) is 0 Å². The fraction of sp³-hybridized carbons (Fsp3) is 0.783. The fourth-order valence-corrected chi connectivity index (χ4v) is 7.27. The van der Waals surface area contributed by atoms with E-state index in [1.807, 2.05) is 0 Å². The number of ketones is 1. The second-order valence-electron chi connectivity index (χ2n) is 9.39. The van der Waals surface area contributed by atoms with Gasteiger partial charge in [0.25, 0.3) is 0 Å². The average molecular weight is 327 g/mol. The van der Waals surface area contributed by atoms with Crippen molar-refractivity contribution in [1.82, 2.24) is 0 Å². The highest BCUT2D eigenvalue weighted by Gasteiger charge is 2.56. The van der Waals surface area contributed by atoms with Crippen LogP contribution in [0.5, 0.6) is 0 Å². The highest BCUT2D eigenvalue weighted by Crippen LogP contribution is 2.64. The van der Waals surface area contributed by atoms with Gasteiger partial charge in [-0.3, -0.25) is 4.79 Å². The van der Waals surface area contributed by atoms with Crippen molar-refractivity contribution in [3.8, 4) is 0 Å². The predicted octanol–water partition coefficient (Wildman–Crippen LogP) is 6.10. The summed E-state index contributed by atoms with van der Waals surface area (Å²) >= 11 is 0. The van der Waals surface area contributed by atoms with Crippen molar-refractivity contribution in [2.45, 2.75) is 78.1 Å². The van der Waals surface area contributed by atoms with E-state index < -0.39 is 0 Å². The maximum Gasteiger partial charge on any atom is 0.136 e. The van der Waals surface area contributed by atoms with Crippen molar-refractivity contribution in [2.24, 2.45) is 35.0 Å². The molecule has 4 aliphatic rings. The molecule has 24 heavy (non-hydrogen) atoms.